The van der Waals surface area contributed by atoms with Gasteiger partial charge in [0.05, 0.1) is 6.10 Å². The van der Waals surface area contributed by atoms with Crippen molar-refractivity contribution in [3.8, 4) is 0 Å². The third-order valence-electron chi connectivity index (χ3n) is 2.71. The highest BCUT2D eigenvalue weighted by molar-refractivity contribution is 5.09. The molecule has 1 unspecified atom stereocenters. The van der Waals surface area contributed by atoms with Crippen LogP contribution in [0.15, 0.2) is 24.5 Å². The van der Waals surface area contributed by atoms with E-state index in [-0.39, 0.29) is 6.10 Å². The van der Waals surface area contributed by atoms with Crippen LogP contribution in [0.4, 0.5) is 0 Å². The Balaban J connectivity index is 2.27. The lowest BCUT2D eigenvalue weighted by Gasteiger charge is -2.22. The summed E-state index contributed by atoms with van der Waals surface area (Å²) in [5.41, 5.74) is 6.97. The second kappa shape index (κ2) is 8.17. The number of nitrogens with two attached hydrogens (primary N) is 1. The summed E-state index contributed by atoms with van der Waals surface area (Å²) in [6.07, 6.45) is 4.83. The fourth-order valence-corrected chi connectivity index (χ4v) is 1.74. The van der Waals surface area contributed by atoms with Gasteiger partial charge in [0.15, 0.2) is 0 Å². The zero-order valence-electron chi connectivity index (χ0n) is 10.8. The van der Waals surface area contributed by atoms with Gasteiger partial charge in [0.25, 0.3) is 0 Å². The minimum atomic E-state index is 0.141. The normalized spacial score (nSPS) is 12.9. The molecule has 0 saturated heterocycles. The minimum absolute atomic E-state index is 0.141. The van der Waals surface area contributed by atoms with E-state index in [1.54, 1.807) is 0 Å². The molecule has 1 heterocycles. The smallest absolute Gasteiger partial charge is 0.0823 e. The molecular weight excluding hydrogens is 214 g/mol. The lowest BCUT2D eigenvalue weighted by atomic mass is 10.2. The number of pyridine rings is 1. The monoisotopic (exact) mass is 237 g/mol. The van der Waals surface area contributed by atoms with Gasteiger partial charge in [-0.15, -0.1) is 0 Å². The van der Waals surface area contributed by atoms with E-state index in [4.69, 9.17) is 10.5 Å². The average molecular weight is 237 g/mol. The Labute approximate surface area is 104 Å². The molecule has 1 rings (SSSR count). The van der Waals surface area contributed by atoms with Crippen molar-refractivity contribution in [2.45, 2.75) is 19.4 Å². The molecule has 0 aliphatic rings. The van der Waals surface area contributed by atoms with Crippen molar-refractivity contribution >= 4 is 0 Å². The van der Waals surface area contributed by atoms with Gasteiger partial charge in [0.1, 0.15) is 0 Å². The zero-order chi connectivity index (χ0) is 12.5. The van der Waals surface area contributed by atoms with Gasteiger partial charge in [-0.05, 0) is 38.1 Å². The number of hydrogen-bond donors (Lipinski definition) is 1. The summed E-state index contributed by atoms with van der Waals surface area (Å²) in [5, 5.41) is 0. The Morgan fingerprint density at radius 1 is 1.41 bits per heavy atom. The van der Waals surface area contributed by atoms with Crippen LogP contribution in [0.3, 0.4) is 0 Å². The van der Waals surface area contributed by atoms with Crippen molar-refractivity contribution in [1.29, 1.82) is 0 Å². The molecule has 1 aromatic rings. The van der Waals surface area contributed by atoms with E-state index in [2.05, 4.69) is 29.1 Å². The van der Waals surface area contributed by atoms with Gasteiger partial charge < -0.3 is 15.4 Å². The molecule has 4 heteroatoms. The Morgan fingerprint density at radius 2 is 2.12 bits per heavy atom. The fraction of sp³-hybridized carbons (Fsp3) is 0.615. The van der Waals surface area contributed by atoms with Crippen LogP contribution >= 0.6 is 0 Å². The Bertz CT molecular complexity index is 292. The molecule has 0 aromatic carbocycles. The SMILES string of the molecule is CCOC(CN)CN(C)CCc1ccncc1. The van der Waals surface area contributed by atoms with E-state index >= 15 is 0 Å². The quantitative estimate of drug-likeness (QED) is 0.730. The van der Waals surface area contributed by atoms with Crippen molar-refractivity contribution in [2.75, 3.05) is 33.3 Å². The minimum Gasteiger partial charge on any atom is -0.376 e. The molecule has 0 radical (unpaired) electrons. The average Bonchev–Trinajstić information content (AvgIpc) is 2.37. The largest absolute Gasteiger partial charge is 0.376 e. The number of likely N-dealkylation sites (N-methyl/N-ethyl adjacent to an activating group) is 1. The molecule has 0 amide bonds. The van der Waals surface area contributed by atoms with Crippen LogP contribution in [0.25, 0.3) is 0 Å². The molecule has 1 aromatic heterocycles. The summed E-state index contributed by atoms with van der Waals surface area (Å²) in [6.45, 7) is 5.19. The van der Waals surface area contributed by atoms with Crippen molar-refractivity contribution in [3.05, 3.63) is 30.1 Å². The summed E-state index contributed by atoms with van der Waals surface area (Å²) in [4.78, 5) is 6.27. The van der Waals surface area contributed by atoms with E-state index in [0.29, 0.717) is 6.54 Å². The fourth-order valence-electron chi connectivity index (χ4n) is 1.74. The maximum Gasteiger partial charge on any atom is 0.0823 e. The first kappa shape index (κ1) is 14.1. The maximum absolute atomic E-state index is 5.65. The van der Waals surface area contributed by atoms with Gasteiger partial charge in [0.2, 0.25) is 0 Å². The van der Waals surface area contributed by atoms with E-state index in [1.165, 1.54) is 5.56 Å². The molecule has 0 aliphatic carbocycles. The molecule has 96 valence electrons. The molecule has 4 nitrogen and oxygen atoms in total. The van der Waals surface area contributed by atoms with Crippen LogP contribution in [0, 0.1) is 0 Å². The number of ether oxygens (including phenoxy) is 1. The lowest BCUT2D eigenvalue weighted by molar-refractivity contribution is 0.0455. The predicted molar refractivity (Wildman–Crippen MR) is 69.9 cm³/mol. The highest BCUT2D eigenvalue weighted by Gasteiger charge is 2.09. The Morgan fingerprint density at radius 3 is 2.71 bits per heavy atom. The molecule has 0 saturated carbocycles. The molecule has 0 spiro atoms. The van der Waals surface area contributed by atoms with Gasteiger partial charge in [0, 0.05) is 38.6 Å². The maximum atomic E-state index is 5.65. The highest BCUT2D eigenvalue weighted by Crippen LogP contribution is 2.00. The van der Waals surface area contributed by atoms with E-state index in [0.717, 1.165) is 26.1 Å². The van der Waals surface area contributed by atoms with Crippen LogP contribution in [-0.2, 0) is 11.2 Å². The number of aromatic nitrogens is 1. The third kappa shape index (κ3) is 5.77. The van der Waals surface area contributed by atoms with E-state index < -0.39 is 0 Å². The van der Waals surface area contributed by atoms with Crippen LogP contribution in [0.2, 0.25) is 0 Å². The second-order valence-electron chi connectivity index (χ2n) is 4.18. The molecule has 17 heavy (non-hydrogen) atoms. The Hall–Kier alpha value is -0.970. The molecule has 0 fully saturated rings. The zero-order valence-corrected chi connectivity index (χ0v) is 10.8. The molecule has 1 atom stereocenters. The summed E-state index contributed by atoms with van der Waals surface area (Å²) in [7, 11) is 2.10. The van der Waals surface area contributed by atoms with Gasteiger partial charge in [-0.25, -0.2) is 0 Å². The second-order valence-corrected chi connectivity index (χ2v) is 4.18. The highest BCUT2D eigenvalue weighted by atomic mass is 16.5. The number of rotatable bonds is 8. The van der Waals surface area contributed by atoms with Crippen LogP contribution in [-0.4, -0.2) is 49.3 Å². The first-order valence-electron chi connectivity index (χ1n) is 6.15. The third-order valence-corrected chi connectivity index (χ3v) is 2.71. The Kier molecular flexibility index (Phi) is 6.77. The predicted octanol–water partition coefficient (Wildman–Crippen LogP) is 0.920. The molecular formula is C13H23N3O. The summed E-state index contributed by atoms with van der Waals surface area (Å²) in [5.74, 6) is 0. The number of nitrogens with zero attached hydrogens (tertiary/aromatic N) is 2. The molecule has 2 N–H and O–H groups in total. The molecule has 0 aliphatic heterocycles. The van der Waals surface area contributed by atoms with Gasteiger partial charge in [-0.2, -0.15) is 0 Å². The van der Waals surface area contributed by atoms with Gasteiger partial charge in [-0.1, -0.05) is 0 Å². The number of hydrogen-bond acceptors (Lipinski definition) is 4. The van der Waals surface area contributed by atoms with Crippen LogP contribution in [0.1, 0.15) is 12.5 Å². The van der Waals surface area contributed by atoms with Crippen molar-refractivity contribution in [1.82, 2.24) is 9.88 Å². The standard InChI is InChI=1S/C13H23N3O/c1-3-17-13(10-14)11-16(2)9-6-12-4-7-15-8-5-12/h4-5,7-8,13H,3,6,9-11,14H2,1-2H3. The topological polar surface area (TPSA) is 51.4 Å². The van der Waals surface area contributed by atoms with Crippen molar-refractivity contribution in [3.63, 3.8) is 0 Å². The van der Waals surface area contributed by atoms with E-state index in [1.807, 2.05) is 19.3 Å². The summed E-state index contributed by atoms with van der Waals surface area (Å²) < 4.78 is 5.54. The first-order valence-corrected chi connectivity index (χ1v) is 6.15. The van der Waals surface area contributed by atoms with Gasteiger partial charge in [-0.3, -0.25) is 4.98 Å². The van der Waals surface area contributed by atoms with Gasteiger partial charge >= 0.3 is 0 Å². The van der Waals surface area contributed by atoms with Crippen LogP contribution < -0.4 is 5.73 Å². The first-order chi connectivity index (χ1) is 8.26. The summed E-state index contributed by atoms with van der Waals surface area (Å²) >= 11 is 0. The molecule has 0 bridgehead atoms. The van der Waals surface area contributed by atoms with Crippen molar-refractivity contribution in [2.24, 2.45) is 5.73 Å². The van der Waals surface area contributed by atoms with E-state index in [9.17, 15) is 0 Å². The lowest BCUT2D eigenvalue weighted by Crippen LogP contribution is -2.37. The summed E-state index contributed by atoms with van der Waals surface area (Å²) in [6, 6.07) is 4.10. The van der Waals surface area contributed by atoms with Crippen LogP contribution in [0.5, 0.6) is 0 Å². The van der Waals surface area contributed by atoms with Crippen molar-refractivity contribution < 1.29 is 4.74 Å².